The summed E-state index contributed by atoms with van der Waals surface area (Å²) >= 11 is 6.12. The van der Waals surface area contributed by atoms with Gasteiger partial charge in [0.25, 0.3) is 5.56 Å². The minimum Gasteiger partial charge on any atom is -0.495 e. The molecule has 2 heterocycles. The lowest BCUT2D eigenvalue weighted by Crippen LogP contribution is -2.36. The van der Waals surface area contributed by atoms with Crippen LogP contribution in [0.25, 0.3) is 0 Å². The lowest BCUT2D eigenvalue weighted by atomic mass is 9.92. The number of benzene rings is 2. The molecule has 0 fully saturated rings. The molecule has 3 aromatic rings. The second-order valence-electron chi connectivity index (χ2n) is 7.26. The number of amides is 2. The smallest absolute Gasteiger partial charge is 0.258 e. The zero-order chi connectivity index (χ0) is 22.8. The van der Waals surface area contributed by atoms with Crippen LogP contribution in [0.5, 0.6) is 5.75 Å². The molecule has 32 heavy (non-hydrogen) atoms. The summed E-state index contributed by atoms with van der Waals surface area (Å²) in [4.78, 5) is 45.0. The minimum atomic E-state index is -1.00. The Morgan fingerprint density at radius 1 is 1.22 bits per heavy atom. The Labute approximate surface area is 188 Å². The van der Waals surface area contributed by atoms with Crippen molar-refractivity contribution in [1.82, 2.24) is 9.97 Å². The molecular weight excluding hydrogens is 434 g/mol. The Bertz CT molecular complexity index is 1270. The molecule has 0 unspecified atom stereocenters. The molecule has 10 heteroatoms. The number of para-hydroxylation sites is 2. The number of methoxy groups -OCH3 is 1. The molecule has 164 valence electrons. The van der Waals surface area contributed by atoms with Gasteiger partial charge in [-0.05, 0) is 36.8 Å². The van der Waals surface area contributed by atoms with Crippen molar-refractivity contribution >= 4 is 46.6 Å². The first-order valence-corrected chi connectivity index (χ1v) is 10.1. The first kappa shape index (κ1) is 21.4. The standard InChI is InChI=1S/C22H20ClN5O4/c1-11-7-8-12(9-14(11)23)24-20(30)13-10-17(29)26-19-18(13)21(31)28-22(27-19)25-15-5-3-4-6-16(15)32-2/h3-9,13H,10H2,1-2H3,(H,24,30)(H3,25,26,27,28,29,31)/t13-/m0/s1. The average Bonchev–Trinajstić information content (AvgIpc) is 2.75. The van der Waals surface area contributed by atoms with Crippen molar-refractivity contribution in [1.29, 1.82) is 0 Å². The molecule has 0 aliphatic carbocycles. The molecule has 2 amide bonds. The Morgan fingerprint density at radius 2 is 2.00 bits per heavy atom. The van der Waals surface area contributed by atoms with E-state index in [2.05, 4.69) is 25.9 Å². The molecule has 2 aromatic carbocycles. The maximum absolute atomic E-state index is 12.9. The fourth-order valence-electron chi connectivity index (χ4n) is 3.43. The van der Waals surface area contributed by atoms with Crippen LogP contribution in [-0.4, -0.2) is 28.9 Å². The topological polar surface area (TPSA) is 125 Å². The van der Waals surface area contributed by atoms with E-state index in [0.29, 0.717) is 22.1 Å². The van der Waals surface area contributed by atoms with E-state index in [1.807, 2.05) is 6.92 Å². The zero-order valence-electron chi connectivity index (χ0n) is 17.3. The number of rotatable bonds is 5. The summed E-state index contributed by atoms with van der Waals surface area (Å²) in [5, 5.41) is 8.76. The van der Waals surface area contributed by atoms with Crippen molar-refractivity contribution in [3.05, 3.63) is 69.0 Å². The third-order valence-corrected chi connectivity index (χ3v) is 5.47. The van der Waals surface area contributed by atoms with Gasteiger partial charge in [0.05, 0.1) is 24.3 Å². The van der Waals surface area contributed by atoms with E-state index in [1.165, 1.54) is 7.11 Å². The number of fused-ring (bicyclic) bond motifs is 1. The highest BCUT2D eigenvalue weighted by molar-refractivity contribution is 6.31. The van der Waals surface area contributed by atoms with Crippen molar-refractivity contribution in [2.45, 2.75) is 19.3 Å². The van der Waals surface area contributed by atoms with Crippen LogP contribution in [0, 0.1) is 6.92 Å². The molecule has 1 aliphatic rings. The van der Waals surface area contributed by atoms with E-state index in [9.17, 15) is 14.4 Å². The molecule has 1 aliphatic heterocycles. The number of ether oxygens (including phenoxy) is 1. The second kappa shape index (κ2) is 8.72. The van der Waals surface area contributed by atoms with E-state index in [4.69, 9.17) is 16.3 Å². The van der Waals surface area contributed by atoms with Crippen LogP contribution in [0.2, 0.25) is 5.02 Å². The number of aryl methyl sites for hydroxylation is 1. The van der Waals surface area contributed by atoms with Crippen LogP contribution >= 0.6 is 11.6 Å². The molecule has 4 rings (SSSR count). The lowest BCUT2D eigenvalue weighted by molar-refractivity contribution is -0.123. The normalized spacial score (nSPS) is 14.8. The van der Waals surface area contributed by atoms with Crippen LogP contribution in [-0.2, 0) is 9.59 Å². The Hall–Kier alpha value is -3.85. The predicted octanol–water partition coefficient (Wildman–Crippen LogP) is 3.55. The molecule has 4 N–H and O–H groups in total. The summed E-state index contributed by atoms with van der Waals surface area (Å²) in [6.45, 7) is 1.84. The van der Waals surface area contributed by atoms with Crippen molar-refractivity contribution in [3.8, 4) is 5.75 Å². The van der Waals surface area contributed by atoms with Crippen LogP contribution in [0.1, 0.15) is 23.5 Å². The van der Waals surface area contributed by atoms with Crippen molar-refractivity contribution < 1.29 is 14.3 Å². The molecule has 1 atom stereocenters. The monoisotopic (exact) mass is 453 g/mol. The molecule has 0 radical (unpaired) electrons. The lowest BCUT2D eigenvalue weighted by Gasteiger charge is -2.24. The van der Waals surface area contributed by atoms with Gasteiger partial charge in [0.2, 0.25) is 17.8 Å². The third kappa shape index (κ3) is 4.28. The van der Waals surface area contributed by atoms with E-state index >= 15 is 0 Å². The molecule has 0 bridgehead atoms. The summed E-state index contributed by atoms with van der Waals surface area (Å²) in [7, 11) is 1.52. The minimum absolute atomic E-state index is 0.0319. The second-order valence-corrected chi connectivity index (χ2v) is 7.67. The Morgan fingerprint density at radius 3 is 2.75 bits per heavy atom. The Kier molecular flexibility index (Phi) is 5.83. The predicted molar refractivity (Wildman–Crippen MR) is 122 cm³/mol. The number of halogens is 1. The summed E-state index contributed by atoms with van der Waals surface area (Å²) < 4.78 is 5.28. The highest BCUT2D eigenvalue weighted by Gasteiger charge is 2.34. The number of hydrogen-bond acceptors (Lipinski definition) is 6. The van der Waals surface area contributed by atoms with Crippen LogP contribution in [0.4, 0.5) is 23.1 Å². The van der Waals surface area contributed by atoms with Gasteiger partial charge in [0.15, 0.2) is 0 Å². The van der Waals surface area contributed by atoms with Gasteiger partial charge >= 0.3 is 0 Å². The molecule has 1 aromatic heterocycles. The van der Waals surface area contributed by atoms with Crippen molar-refractivity contribution in [2.75, 3.05) is 23.1 Å². The van der Waals surface area contributed by atoms with Gasteiger partial charge in [0.1, 0.15) is 11.6 Å². The Balaban J connectivity index is 1.64. The van der Waals surface area contributed by atoms with Crippen LogP contribution < -0.4 is 26.2 Å². The van der Waals surface area contributed by atoms with Gasteiger partial charge in [-0.25, -0.2) is 0 Å². The van der Waals surface area contributed by atoms with Gasteiger partial charge in [-0.1, -0.05) is 29.8 Å². The van der Waals surface area contributed by atoms with Gasteiger partial charge in [0, 0.05) is 17.1 Å². The number of nitrogens with zero attached hydrogens (tertiary/aromatic N) is 1. The van der Waals surface area contributed by atoms with Gasteiger partial charge in [-0.3, -0.25) is 19.4 Å². The average molecular weight is 454 g/mol. The largest absolute Gasteiger partial charge is 0.495 e. The highest BCUT2D eigenvalue weighted by atomic mass is 35.5. The summed E-state index contributed by atoms with van der Waals surface area (Å²) in [6, 6.07) is 12.2. The van der Waals surface area contributed by atoms with E-state index in [1.54, 1.807) is 42.5 Å². The SMILES string of the molecule is COc1ccccc1Nc1nc2c(c(=O)[nH]1)[C@@H](C(=O)Nc1ccc(C)c(Cl)c1)CC(=O)N2. The van der Waals surface area contributed by atoms with Crippen LogP contribution in [0.3, 0.4) is 0 Å². The third-order valence-electron chi connectivity index (χ3n) is 5.07. The van der Waals surface area contributed by atoms with Crippen molar-refractivity contribution in [2.24, 2.45) is 0 Å². The van der Waals surface area contributed by atoms with Gasteiger partial charge in [-0.15, -0.1) is 0 Å². The first-order valence-electron chi connectivity index (χ1n) is 9.77. The van der Waals surface area contributed by atoms with Crippen molar-refractivity contribution in [3.63, 3.8) is 0 Å². The number of aromatic amines is 1. The molecule has 0 saturated heterocycles. The number of hydrogen-bond donors (Lipinski definition) is 4. The van der Waals surface area contributed by atoms with Crippen LogP contribution in [0.15, 0.2) is 47.3 Å². The number of carbonyl (C=O) groups is 2. The van der Waals surface area contributed by atoms with E-state index < -0.39 is 23.3 Å². The molecule has 0 spiro atoms. The van der Waals surface area contributed by atoms with E-state index in [-0.39, 0.29) is 23.8 Å². The highest BCUT2D eigenvalue weighted by Crippen LogP contribution is 2.31. The number of anilines is 4. The number of H-pyrrole nitrogens is 1. The number of nitrogens with one attached hydrogen (secondary N) is 4. The molecule has 0 saturated carbocycles. The quantitative estimate of drug-likeness (QED) is 0.468. The fraction of sp³-hybridized carbons (Fsp3) is 0.182. The first-order chi connectivity index (χ1) is 15.4. The van der Waals surface area contributed by atoms with Gasteiger partial charge in [-0.2, -0.15) is 4.98 Å². The maximum Gasteiger partial charge on any atom is 0.258 e. The zero-order valence-corrected chi connectivity index (χ0v) is 18.0. The fourth-order valence-corrected chi connectivity index (χ4v) is 3.61. The van der Waals surface area contributed by atoms with E-state index in [0.717, 1.165) is 5.56 Å². The summed E-state index contributed by atoms with van der Waals surface area (Å²) in [6.07, 6.45) is -0.178. The molecule has 9 nitrogen and oxygen atoms in total. The molecular formula is C22H20ClN5O4. The summed E-state index contributed by atoms with van der Waals surface area (Å²) in [5.41, 5.74) is 1.46. The maximum atomic E-state index is 12.9. The number of carbonyl (C=O) groups excluding carboxylic acids is 2. The summed E-state index contributed by atoms with van der Waals surface area (Å²) in [5.74, 6) is -1.24. The number of aromatic nitrogens is 2. The van der Waals surface area contributed by atoms with Gasteiger partial charge < -0.3 is 20.7 Å².